The molecule has 94 valence electrons. The lowest BCUT2D eigenvalue weighted by Gasteiger charge is -2.15. The van der Waals surface area contributed by atoms with E-state index in [0.717, 1.165) is 6.07 Å². The molecule has 4 heteroatoms. The number of hydrogen-bond donors (Lipinski definition) is 1. The standard InChI is InChI=1S/C14H12F2O2/c1-18-11-8-7-10(15)12(13(11)16)14(17)9-5-3-2-4-6-9/h2-8,14,17H,1H3. The number of rotatable bonds is 3. The van der Waals surface area contributed by atoms with Crippen molar-refractivity contribution in [2.24, 2.45) is 0 Å². The fourth-order valence-corrected chi connectivity index (χ4v) is 1.76. The van der Waals surface area contributed by atoms with Gasteiger partial charge in [-0.05, 0) is 17.7 Å². The SMILES string of the molecule is COc1ccc(F)c(C(O)c2ccccc2)c1F. The van der Waals surface area contributed by atoms with Gasteiger partial charge in [-0.3, -0.25) is 0 Å². The molecule has 2 nitrogen and oxygen atoms in total. The third-order valence-electron chi connectivity index (χ3n) is 2.70. The second-order valence-corrected chi connectivity index (χ2v) is 3.79. The van der Waals surface area contributed by atoms with Crippen molar-refractivity contribution in [2.45, 2.75) is 6.10 Å². The van der Waals surface area contributed by atoms with E-state index >= 15 is 0 Å². The summed E-state index contributed by atoms with van der Waals surface area (Å²) in [6.07, 6.45) is -1.36. The number of aliphatic hydroxyl groups excluding tert-OH is 1. The molecule has 0 bridgehead atoms. The van der Waals surface area contributed by atoms with Crippen LogP contribution in [-0.2, 0) is 0 Å². The molecule has 0 aliphatic carbocycles. The molecular weight excluding hydrogens is 238 g/mol. The highest BCUT2D eigenvalue weighted by Crippen LogP contribution is 2.31. The second-order valence-electron chi connectivity index (χ2n) is 3.79. The summed E-state index contributed by atoms with van der Waals surface area (Å²) in [7, 11) is 1.29. The van der Waals surface area contributed by atoms with Crippen molar-refractivity contribution in [1.82, 2.24) is 0 Å². The molecule has 0 amide bonds. The molecule has 0 saturated heterocycles. The smallest absolute Gasteiger partial charge is 0.174 e. The Labute approximate surface area is 103 Å². The van der Waals surface area contributed by atoms with Gasteiger partial charge in [0.05, 0.1) is 12.7 Å². The summed E-state index contributed by atoms with van der Waals surface area (Å²) >= 11 is 0. The van der Waals surface area contributed by atoms with Gasteiger partial charge in [0.15, 0.2) is 11.6 Å². The predicted octanol–water partition coefficient (Wildman–Crippen LogP) is 3.06. The molecule has 0 aromatic heterocycles. The molecule has 0 fully saturated rings. The number of ether oxygens (including phenoxy) is 1. The number of hydrogen-bond acceptors (Lipinski definition) is 2. The van der Waals surface area contributed by atoms with Gasteiger partial charge in [0.25, 0.3) is 0 Å². The lowest BCUT2D eigenvalue weighted by Crippen LogP contribution is -2.07. The van der Waals surface area contributed by atoms with E-state index in [1.807, 2.05) is 0 Å². The van der Waals surface area contributed by atoms with Crippen LogP contribution >= 0.6 is 0 Å². The highest BCUT2D eigenvalue weighted by molar-refractivity contribution is 5.38. The molecule has 0 radical (unpaired) electrons. The van der Waals surface area contributed by atoms with Gasteiger partial charge in [-0.1, -0.05) is 30.3 Å². The molecule has 0 saturated carbocycles. The fraction of sp³-hybridized carbons (Fsp3) is 0.143. The fourth-order valence-electron chi connectivity index (χ4n) is 1.76. The number of methoxy groups -OCH3 is 1. The average molecular weight is 250 g/mol. The highest BCUT2D eigenvalue weighted by atomic mass is 19.1. The van der Waals surface area contributed by atoms with E-state index < -0.39 is 23.3 Å². The van der Waals surface area contributed by atoms with E-state index in [0.29, 0.717) is 5.56 Å². The Kier molecular flexibility index (Phi) is 3.58. The molecular formula is C14H12F2O2. The first-order chi connectivity index (χ1) is 8.65. The minimum Gasteiger partial charge on any atom is -0.494 e. The summed E-state index contributed by atoms with van der Waals surface area (Å²) in [5.74, 6) is -1.78. The molecule has 0 spiro atoms. The maximum atomic E-state index is 13.9. The van der Waals surface area contributed by atoms with Crippen LogP contribution in [0.1, 0.15) is 17.2 Å². The summed E-state index contributed by atoms with van der Waals surface area (Å²) in [6, 6.07) is 10.6. The largest absolute Gasteiger partial charge is 0.494 e. The van der Waals surface area contributed by atoms with E-state index in [1.165, 1.54) is 13.2 Å². The maximum Gasteiger partial charge on any atom is 0.174 e. The zero-order valence-electron chi connectivity index (χ0n) is 9.73. The number of benzene rings is 2. The summed E-state index contributed by atoms with van der Waals surface area (Å²) in [5, 5.41) is 10.0. The normalized spacial score (nSPS) is 12.2. The van der Waals surface area contributed by atoms with Crippen LogP contribution < -0.4 is 4.74 Å². The minimum absolute atomic E-state index is 0.0959. The average Bonchev–Trinajstić information content (AvgIpc) is 2.40. The number of halogens is 2. The first kappa shape index (κ1) is 12.5. The van der Waals surface area contributed by atoms with E-state index in [4.69, 9.17) is 4.74 Å². The van der Waals surface area contributed by atoms with Gasteiger partial charge in [0, 0.05) is 0 Å². The van der Waals surface area contributed by atoms with Crippen LogP contribution in [0.25, 0.3) is 0 Å². The van der Waals surface area contributed by atoms with Crippen molar-refractivity contribution in [3.8, 4) is 5.75 Å². The molecule has 2 rings (SSSR count). The van der Waals surface area contributed by atoms with Gasteiger partial charge >= 0.3 is 0 Å². The van der Waals surface area contributed by atoms with Gasteiger partial charge in [-0.25, -0.2) is 8.78 Å². The summed E-state index contributed by atoms with van der Waals surface area (Å²) in [4.78, 5) is 0. The van der Waals surface area contributed by atoms with Crippen molar-refractivity contribution >= 4 is 0 Å². The number of aliphatic hydroxyl groups is 1. The first-order valence-corrected chi connectivity index (χ1v) is 5.40. The topological polar surface area (TPSA) is 29.5 Å². The second kappa shape index (κ2) is 5.14. The third kappa shape index (κ3) is 2.19. The van der Waals surface area contributed by atoms with E-state index in [-0.39, 0.29) is 5.75 Å². The molecule has 18 heavy (non-hydrogen) atoms. The summed E-state index contributed by atoms with van der Waals surface area (Å²) < 4.78 is 32.4. The van der Waals surface area contributed by atoms with Crippen LogP contribution in [0.5, 0.6) is 5.75 Å². The van der Waals surface area contributed by atoms with Gasteiger partial charge < -0.3 is 9.84 Å². The molecule has 2 aromatic rings. The van der Waals surface area contributed by atoms with Gasteiger partial charge in [-0.15, -0.1) is 0 Å². The van der Waals surface area contributed by atoms with Crippen molar-refractivity contribution in [3.63, 3.8) is 0 Å². The van der Waals surface area contributed by atoms with Crippen LogP contribution in [-0.4, -0.2) is 12.2 Å². The Bertz CT molecular complexity index is 541. The molecule has 1 atom stereocenters. The lowest BCUT2D eigenvalue weighted by atomic mass is 10.0. The zero-order chi connectivity index (χ0) is 13.1. The Hall–Kier alpha value is -1.94. The minimum atomic E-state index is -1.36. The summed E-state index contributed by atoms with van der Waals surface area (Å²) in [5.41, 5.74) is 0.0177. The highest BCUT2D eigenvalue weighted by Gasteiger charge is 2.22. The quantitative estimate of drug-likeness (QED) is 0.907. The van der Waals surface area contributed by atoms with Crippen molar-refractivity contribution in [3.05, 3.63) is 65.2 Å². The summed E-state index contributed by atoms with van der Waals surface area (Å²) in [6.45, 7) is 0. The van der Waals surface area contributed by atoms with Crippen LogP contribution in [0.3, 0.4) is 0 Å². The Morgan fingerprint density at radius 3 is 2.33 bits per heavy atom. The van der Waals surface area contributed by atoms with Crippen LogP contribution in [0.2, 0.25) is 0 Å². The first-order valence-electron chi connectivity index (χ1n) is 5.40. The molecule has 0 aliphatic rings. The molecule has 1 N–H and O–H groups in total. The van der Waals surface area contributed by atoms with Crippen LogP contribution in [0, 0.1) is 11.6 Å². The Balaban J connectivity index is 2.51. The molecule has 0 heterocycles. The van der Waals surface area contributed by atoms with Crippen molar-refractivity contribution in [2.75, 3.05) is 7.11 Å². The molecule has 2 aromatic carbocycles. The Morgan fingerprint density at radius 2 is 1.72 bits per heavy atom. The maximum absolute atomic E-state index is 13.9. The Morgan fingerprint density at radius 1 is 1.06 bits per heavy atom. The predicted molar refractivity (Wildman–Crippen MR) is 63.4 cm³/mol. The van der Waals surface area contributed by atoms with Gasteiger partial charge in [0.2, 0.25) is 0 Å². The van der Waals surface area contributed by atoms with Gasteiger partial charge in [0.1, 0.15) is 11.9 Å². The van der Waals surface area contributed by atoms with Crippen molar-refractivity contribution < 1.29 is 18.6 Å². The van der Waals surface area contributed by atoms with Gasteiger partial charge in [-0.2, -0.15) is 0 Å². The molecule has 0 aliphatic heterocycles. The van der Waals surface area contributed by atoms with E-state index in [9.17, 15) is 13.9 Å². The third-order valence-corrected chi connectivity index (χ3v) is 2.70. The van der Waals surface area contributed by atoms with E-state index in [2.05, 4.69) is 0 Å². The lowest BCUT2D eigenvalue weighted by molar-refractivity contribution is 0.207. The van der Waals surface area contributed by atoms with Crippen LogP contribution in [0.4, 0.5) is 8.78 Å². The molecule has 1 unspecified atom stereocenters. The van der Waals surface area contributed by atoms with E-state index in [1.54, 1.807) is 30.3 Å². The monoisotopic (exact) mass is 250 g/mol. The zero-order valence-corrected chi connectivity index (χ0v) is 9.73. The van der Waals surface area contributed by atoms with Crippen molar-refractivity contribution in [1.29, 1.82) is 0 Å². The van der Waals surface area contributed by atoms with Crippen LogP contribution in [0.15, 0.2) is 42.5 Å².